The molecule has 102 valence electrons. The van der Waals surface area contributed by atoms with Crippen molar-refractivity contribution in [3.63, 3.8) is 0 Å². The van der Waals surface area contributed by atoms with E-state index in [1.807, 2.05) is 25.1 Å². The fraction of sp³-hybridized carbons (Fsp3) is 0.133. The smallest absolute Gasteiger partial charge is 0.129 e. The van der Waals surface area contributed by atoms with E-state index in [0.29, 0.717) is 16.5 Å². The van der Waals surface area contributed by atoms with E-state index in [0.717, 1.165) is 16.6 Å². The van der Waals surface area contributed by atoms with Gasteiger partial charge in [0, 0.05) is 0 Å². The normalized spacial score (nSPS) is 11.2. The second-order valence-electron chi connectivity index (χ2n) is 4.54. The Morgan fingerprint density at radius 2 is 2.05 bits per heavy atom. The van der Waals surface area contributed by atoms with Crippen LogP contribution in [-0.4, -0.2) is 9.55 Å². The first-order valence-corrected chi connectivity index (χ1v) is 7.01. The Hall–Kier alpha value is -1.58. The maximum absolute atomic E-state index is 13.5. The summed E-state index contributed by atoms with van der Waals surface area (Å²) < 4.78 is 15.3. The largest absolute Gasteiger partial charge is 0.294 e. The van der Waals surface area contributed by atoms with Crippen molar-refractivity contribution in [2.45, 2.75) is 12.8 Å². The van der Waals surface area contributed by atoms with Crippen LogP contribution < -0.4 is 0 Å². The van der Waals surface area contributed by atoms with E-state index < -0.39 is 0 Å². The van der Waals surface area contributed by atoms with Crippen molar-refractivity contribution >= 4 is 34.2 Å². The van der Waals surface area contributed by atoms with E-state index >= 15 is 0 Å². The summed E-state index contributed by atoms with van der Waals surface area (Å²) in [5, 5.41) is 0.457. The van der Waals surface area contributed by atoms with E-state index in [1.54, 1.807) is 4.57 Å². The highest BCUT2D eigenvalue weighted by Gasteiger charge is 2.15. The number of hydrogen-bond acceptors (Lipinski definition) is 1. The molecule has 0 bridgehead atoms. The lowest BCUT2D eigenvalue weighted by Crippen LogP contribution is -2.00. The molecule has 0 atom stereocenters. The SMILES string of the molecule is Cc1cccc2c1nc(CCl)n2-c1cc(F)ccc1Cl. The van der Waals surface area contributed by atoms with Crippen LogP contribution in [0.4, 0.5) is 4.39 Å². The van der Waals surface area contributed by atoms with Gasteiger partial charge in [0.15, 0.2) is 0 Å². The minimum absolute atomic E-state index is 0.223. The molecule has 1 heterocycles. The van der Waals surface area contributed by atoms with Crippen LogP contribution in [0.15, 0.2) is 36.4 Å². The van der Waals surface area contributed by atoms with Crippen molar-refractivity contribution in [1.29, 1.82) is 0 Å². The number of aryl methyl sites for hydroxylation is 1. The third kappa shape index (κ3) is 2.07. The second kappa shape index (κ2) is 5.08. The van der Waals surface area contributed by atoms with Gasteiger partial charge in [-0.05, 0) is 36.8 Å². The van der Waals surface area contributed by atoms with Crippen LogP contribution in [0.3, 0.4) is 0 Å². The first-order valence-electron chi connectivity index (χ1n) is 6.10. The van der Waals surface area contributed by atoms with Gasteiger partial charge in [-0.25, -0.2) is 9.37 Å². The van der Waals surface area contributed by atoms with Crippen molar-refractivity contribution in [2.24, 2.45) is 0 Å². The molecule has 0 saturated carbocycles. The van der Waals surface area contributed by atoms with Gasteiger partial charge in [-0.1, -0.05) is 23.7 Å². The maximum Gasteiger partial charge on any atom is 0.129 e. The minimum atomic E-state index is -0.348. The summed E-state index contributed by atoms with van der Waals surface area (Å²) in [5.74, 6) is 0.518. The predicted octanol–water partition coefficient (Wildman–Crippen LogP) is 4.87. The molecule has 3 aromatic rings. The van der Waals surface area contributed by atoms with Gasteiger partial charge in [0.25, 0.3) is 0 Å². The molecule has 0 fully saturated rings. The van der Waals surface area contributed by atoms with Crippen LogP contribution in [-0.2, 0) is 5.88 Å². The van der Waals surface area contributed by atoms with E-state index in [1.165, 1.54) is 18.2 Å². The quantitative estimate of drug-likeness (QED) is 0.618. The van der Waals surface area contributed by atoms with Crippen LogP contribution in [0.2, 0.25) is 5.02 Å². The lowest BCUT2D eigenvalue weighted by molar-refractivity contribution is 0.626. The summed E-state index contributed by atoms with van der Waals surface area (Å²) >= 11 is 12.2. The molecule has 3 rings (SSSR count). The van der Waals surface area contributed by atoms with Crippen molar-refractivity contribution < 1.29 is 4.39 Å². The van der Waals surface area contributed by atoms with Gasteiger partial charge < -0.3 is 0 Å². The average Bonchev–Trinajstić information content (AvgIpc) is 2.81. The fourth-order valence-electron chi connectivity index (χ4n) is 2.30. The van der Waals surface area contributed by atoms with Crippen molar-refractivity contribution in [3.8, 4) is 5.69 Å². The number of para-hydroxylation sites is 1. The molecule has 2 nitrogen and oxygen atoms in total. The van der Waals surface area contributed by atoms with Crippen molar-refractivity contribution in [1.82, 2.24) is 9.55 Å². The van der Waals surface area contributed by atoms with E-state index in [2.05, 4.69) is 4.98 Å². The molecule has 5 heteroatoms. The lowest BCUT2D eigenvalue weighted by atomic mass is 10.2. The van der Waals surface area contributed by atoms with Gasteiger partial charge in [0.1, 0.15) is 11.6 Å². The monoisotopic (exact) mass is 308 g/mol. The molecule has 0 radical (unpaired) electrons. The molecule has 0 unspecified atom stereocenters. The Balaban J connectivity index is 2.40. The minimum Gasteiger partial charge on any atom is -0.294 e. The molecule has 0 aliphatic rings. The molecule has 0 spiro atoms. The Morgan fingerprint density at radius 1 is 1.25 bits per heavy atom. The average molecular weight is 309 g/mol. The zero-order valence-electron chi connectivity index (χ0n) is 10.7. The summed E-state index contributed by atoms with van der Waals surface area (Å²) in [6.07, 6.45) is 0. The number of benzene rings is 2. The summed E-state index contributed by atoms with van der Waals surface area (Å²) in [5.41, 5.74) is 3.31. The predicted molar refractivity (Wildman–Crippen MR) is 80.3 cm³/mol. The van der Waals surface area contributed by atoms with Crippen molar-refractivity contribution in [3.05, 3.63) is 58.6 Å². The topological polar surface area (TPSA) is 17.8 Å². The number of imidazole rings is 1. The number of rotatable bonds is 2. The van der Waals surface area contributed by atoms with Gasteiger partial charge in [0.2, 0.25) is 0 Å². The van der Waals surface area contributed by atoms with E-state index in [4.69, 9.17) is 23.2 Å². The first-order chi connectivity index (χ1) is 9.61. The molecule has 0 aliphatic carbocycles. The van der Waals surface area contributed by atoms with Gasteiger partial charge in [0.05, 0.1) is 27.6 Å². The fourth-order valence-corrected chi connectivity index (χ4v) is 2.68. The first kappa shape index (κ1) is 13.4. The Kier molecular flexibility index (Phi) is 3.40. The summed E-state index contributed by atoms with van der Waals surface area (Å²) in [7, 11) is 0. The zero-order chi connectivity index (χ0) is 14.3. The van der Waals surface area contributed by atoms with E-state index in [-0.39, 0.29) is 11.7 Å². The van der Waals surface area contributed by atoms with Crippen LogP contribution in [0.1, 0.15) is 11.4 Å². The van der Waals surface area contributed by atoms with Gasteiger partial charge >= 0.3 is 0 Å². The number of alkyl halides is 1. The molecular weight excluding hydrogens is 298 g/mol. The summed E-state index contributed by atoms with van der Waals surface area (Å²) in [4.78, 5) is 4.53. The van der Waals surface area contributed by atoms with Crippen LogP contribution in [0.25, 0.3) is 16.7 Å². The molecule has 1 aromatic heterocycles. The molecule has 0 saturated heterocycles. The van der Waals surface area contributed by atoms with E-state index in [9.17, 15) is 4.39 Å². The molecule has 0 amide bonds. The van der Waals surface area contributed by atoms with Crippen LogP contribution in [0.5, 0.6) is 0 Å². The number of fused-ring (bicyclic) bond motifs is 1. The second-order valence-corrected chi connectivity index (χ2v) is 5.21. The number of hydrogen-bond donors (Lipinski definition) is 0. The van der Waals surface area contributed by atoms with Gasteiger partial charge in [-0.3, -0.25) is 4.57 Å². The highest BCUT2D eigenvalue weighted by atomic mass is 35.5. The molecule has 2 aromatic carbocycles. The van der Waals surface area contributed by atoms with Crippen LogP contribution in [0, 0.1) is 12.7 Å². The van der Waals surface area contributed by atoms with Gasteiger partial charge in [-0.15, -0.1) is 11.6 Å². The maximum atomic E-state index is 13.5. The lowest BCUT2D eigenvalue weighted by Gasteiger charge is -2.10. The Bertz CT molecular complexity index is 796. The highest BCUT2D eigenvalue weighted by molar-refractivity contribution is 6.32. The summed E-state index contributed by atoms with van der Waals surface area (Å²) in [6.45, 7) is 1.98. The molecule has 20 heavy (non-hydrogen) atoms. The Labute approximate surface area is 125 Å². The third-order valence-corrected chi connectivity index (χ3v) is 3.78. The van der Waals surface area contributed by atoms with Gasteiger partial charge in [-0.2, -0.15) is 0 Å². The number of aromatic nitrogens is 2. The third-order valence-electron chi connectivity index (χ3n) is 3.22. The summed E-state index contributed by atoms with van der Waals surface area (Å²) in [6, 6.07) is 10.1. The van der Waals surface area contributed by atoms with Crippen molar-refractivity contribution in [2.75, 3.05) is 0 Å². The number of halogens is 3. The number of nitrogens with zero attached hydrogens (tertiary/aromatic N) is 2. The Morgan fingerprint density at radius 3 is 2.80 bits per heavy atom. The molecule has 0 aliphatic heterocycles. The standard InChI is InChI=1S/C15H11Cl2FN2/c1-9-3-2-4-12-15(9)19-14(8-16)20(12)13-7-10(18)5-6-11(13)17/h2-7H,8H2,1H3. The zero-order valence-corrected chi connectivity index (χ0v) is 12.2. The van der Waals surface area contributed by atoms with Crippen LogP contribution >= 0.6 is 23.2 Å². The molecular formula is C15H11Cl2FN2. The highest BCUT2D eigenvalue weighted by Crippen LogP contribution is 2.29. The molecule has 0 N–H and O–H groups in total.